The molecule has 1 N–H and O–H groups in total. The SMILES string of the molecule is CN(CC1CCCN(Cc2nc3ccccc3c(=O)[nH]2)C1)C(=O)OC(C)(C)C. The number of hydrogen-bond acceptors (Lipinski definition) is 5. The Kier molecular flexibility index (Phi) is 6.03. The van der Waals surface area contributed by atoms with Crippen LogP contribution in [-0.2, 0) is 11.3 Å². The lowest BCUT2D eigenvalue weighted by Crippen LogP contribution is -2.43. The number of H-pyrrole nitrogens is 1. The highest BCUT2D eigenvalue weighted by Gasteiger charge is 2.25. The van der Waals surface area contributed by atoms with Gasteiger partial charge in [-0.05, 0) is 58.2 Å². The average molecular weight is 386 g/mol. The average Bonchev–Trinajstić information content (AvgIpc) is 2.60. The molecule has 1 aromatic heterocycles. The third-order valence-corrected chi connectivity index (χ3v) is 4.88. The quantitative estimate of drug-likeness (QED) is 0.874. The third-order valence-electron chi connectivity index (χ3n) is 4.88. The van der Waals surface area contributed by atoms with Gasteiger partial charge in [-0.3, -0.25) is 9.69 Å². The number of hydrogen-bond donors (Lipinski definition) is 1. The monoisotopic (exact) mass is 386 g/mol. The largest absolute Gasteiger partial charge is 0.444 e. The number of nitrogens with one attached hydrogen (secondary N) is 1. The molecule has 1 aromatic carbocycles. The van der Waals surface area contributed by atoms with Crippen LogP contribution < -0.4 is 5.56 Å². The van der Waals surface area contributed by atoms with Gasteiger partial charge in [-0.2, -0.15) is 0 Å². The van der Waals surface area contributed by atoms with Crippen molar-refractivity contribution in [3.05, 3.63) is 40.4 Å². The van der Waals surface area contributed by atoms with Crippen LogP contribution in [0, 0.1) is 5.92 Å². The van der Waals surface area contributed by atoms with Gasteiger partial charge in [0.05, 0.1) is 17.4 Å². The summed E-state index contributed by atoms with van der Waals surface area (Å²) >= 11 is 0. The standard InChI is InChI=1S/C21H30N4O3/c1-21(2,3)28-20(27)24(4)12-15-8-7-11-25(13-15)14-18-22-17-10-6-5-9-16(17)19(26)23-18/h5-6,9-10,15H,7-8,11-14H2,1-4H3,(H,22,23,26). The fraction of sp³-hybridized carbons (Fsp3) is 0.571. The second kappa shape index (κ2) is 8.31. The molecule has 3 rings (SSSR count). The minimum atomic E-state index is -0.489. The lowest BCUT2D eigenvalue weighted by Gasteiger charge is -2.34. The van der Waals surface area contributed by atoms with Crippen molar-refractivity contribution in [1.82, 2.24) is 19.8 Å². The lowest BCUT2D eigenvalue weighted by molar-refractivity contribution is 0.0241. The first kappa shape index (κ1) is 20.3. The number of aromatic nitrogens is 2. The number of carbonyl (C=O) groups excluding carboxylic acids is 1. The van der Waals surface area contributed by atoms with Crippen LogP contribution in [0.3, 0.4) is 0 Å². The Hall–Kier alpha value is -2.41. The molecule has 2 heterocycles. The van der Waals surface area contributed by atoms with Crippen LogP contribution in [0.15, 0.2) is 29.1 Å². The maximum absolute atomic E-state index is 12.3. The molecule has 0 aliphatic carbocycles. The smallest absolute Gasteiger partial charge is 0.410 e. The molecule has 1 fully saturated rings. The summed E-state index contributed by atoms with van der Waals surface area (Å²) in [4.78, 5) is 35.9. The molecular weight excluding hydrogens is 356 g/mol. The minimum absolute atomic E-state index is 0.0983. The molecule has 0 bridgehead atoms. The number of nitrogens with zero attached hydrogens (tertiary/aromatic N) is 3. The van der Waals surface area contributed by atoms with E-state index in [1.807, 2.05) is 39.0 Å². The number of carbonyl (C=O) groups is 1. The number of para-hydroxylation sites is 1. The zero-order chi connectivity index (χ0) is 20.3. The topological polar surface area (TPSA) is 78.5 Å². The fourth-order valence-corrected chi connectivity index (χ4v) is 3.67. The molecule has 1 amide bonds. The fourth-order valence-electron chi connectivity index (χ4n) is 3.67. The van der Waals surface area contributed by atoms with Crippen molar-refractivity contribution >= 4 is 17.0 Å². The van der Waals surface area contributed by atoms with Gasteiger partial charge in [0.15, 0.2) is 0 Å². The van der Waals surface area contributed by atoms with E-state index in [1.54, 1.807) is 18.0 Å². The van der Waals surface area contributed by atoms with Crippen LogP contribution in [-0.4, -0.2) is 58.1 Å². The summed E-state index contributed by atoms with van der Waals surface area (Å²) in [5, 5.41) is 0.613. The first-order valence-corrected chi connectivity index (χ1v) is 9.86. The molecule has 0 radical (unpaired) electrons. The maximum Gasteiger partial charge on any atom is 0.410 e. The Labute approximate surface area is 165 Å². The minimum Gasteiger partial charge on any atom is -0.444 e. The third kappa shape index (κ3) is 5.32. The first-order valence-electron chi connectivity index (χ1n) is 9.86. The Morgan fingerprint density at radius 2 is 2.11 bits per heavy atom. The van der Waals surface area contributed by atoms with E-state index in [-0.39, 0.29) is 11.7 Å². The van der Waals surface area contributed by atoms with E-state index in [2.05, 4.69) is 14.9 Å². The van der Waals surface area contributed by atoms with Gasteiger partial charge in [-0.25, -0.2) is 9.78 Å². The molecule has 28 heavy (non-hydrogen) atoms. The molecule has 0 spiro atoms. The van der Waals surface area contributed by atoms with Gasteiger partial charge in [-0.1, -0.05) is 12.1 Å². The van der Waals surface area contributed by atoms with Crippen LogP contribution >= 0.6 is 0 Å². The van der Waals surface area contributed by atoms with Gasteiger partial charge in [-0.15, -0.1) is 0 Å². The summed E-state index contributed by atoms with van der Waals surface area (Å²) in [6.07, 6.45) is 1.85. The van der Waals surface area contributed by atoms with Crippen LogP contribution in [0.5, 0.6) is 0 Å². The highest BCUT2D eigenvalue weighted by atomic mass is 16.6. The van der Waals surface area contributed by atoms with Crippen molar-refractivity contribution < 1.29 is 9.53 Å². The number of fused-ring (bicyclic) bond motifs is 1. The summed E-state index contributed by atoms with van der Waals surface area (Å²) < 4.78 is 5.44. The summed E-state index contributed by atoms with van der Waals surface area (Å²) in [5.41, 5.74) is 0.135. The van der Waals surface area contributed by atoms with Gasteiger partial charge in [0, 0.05) is 20.1 Å². The van der Waals surface area contributed by atoms with Crippen molar-refractivity contribution in [3.8, 4) is 0 Å². The van der Waals surface area contributed by atoms with Gasteiger partial charge in [0.1, 0.15) is 11.4 Å². The van der Waals surface area contributed by atoms with E-state index < -0.39 is 5.60 Å². The van der Waals surface area contributed by atoms with Crippen molar-refractivity contribution in [2.75, 3.05) is 26.7 Å². The first-order chi connectivity index (χ1) is 13.2. The Morgan fingerprint density at radius 3 is 2.86 bits per heavy atom. The molecule has 7 heteroatoms. The molecule has 152 valence electrons. The molecule has 0 saturated carbocycles. The molecule has 1 aliphatic heterocycles. The molecule has 7 nitrogen and oxygen atoms in total. The summed E-state index contributed by atoms with van der Waals surface area (Å²) in [6.45, 7) is 8.71. The van der Waals surface area contributed by atoms with Crippen molar-refractivity contribution in [3.63, 3.8) is 0 Å². The Balaban J connectivity index is 1.61. The molecular formula is C21H30N4O3. The van der Waals surface area contributed by atoms with E-state index >= 15 is 0 Å². The highest BCUT2D eigenvalue weighted by Crippen LogP contribution is 2.20. The highest BCUT2D eigenvalue weighted by molar-refractivity contribution is 5.77. The second-order valence-electron chi connectivity index (χ2n) is 8.63. The van der Waals surface area contributed by atoms with E-state index in [0.29, 0.717) is 30.2 Å². The summed E-state index contributed by atoms with van der Waals surface area (Å²) in [5.74, 6) is 1.06. The predicted octanol–water partition coefficient (Wildman–Crippen LogP) is 3.00. The molecule has 1 saturated heterocycles. The van der Waals surface area contributed by atoms with Gasteiger partial charge in [0.2, 0.25) is 0 Å². The number of likely N-dealkylation sites (tertiary alicyclic amines) is 1. The maximum atomic E-state index is 12.3. The number of benzene rings is 1. The zero-order valence-corrected chi connectivity index (χ0v) is 17.2. The number of piperidine rings is 1. The van der Waals surface area contributed by atoms with E-state index in [0.717, 1.165) is 31.4 Å². The number of amides is 1. The number of ether oxygens (including phenoxy) is 1. The van der Waals surface area contributed by atoms with Gasteiger partial charge < -0.3 is 14.6 Å². The molecule has 1 aliphatic rings. The van der Waals surface area contributed by atoms with Crippen LogP contribution in [0.1, 0.15) is 39.4 Å². The normalized spacial score (nSPS) is 18.2. The molecule has 2 aromatic rings. The Bertz CT molecular complexity index is 887. The van der Waals surface area contributed by atoms with Crippen molar-refractivity contribution in [2.24, 2.45) is 5.92 Å². The van der Waals surface area contributed by atoms with Crippen molar-refractivity contribution in [2.45, 2.75) is 45.8 Å². The van der Waals surface area contributed by atoms with Gasteiger partial charge >= 0.3 is 6.09 Å². The van der Waals surface area contributed by atoms with Gasteiger partial charge in [0.25, 0.3) is 5.56 Å². The molecule has 1 unspecified atom stereocenters. The van der Waals surface area contributed by atoms with Crippen LogP contribution in [0.4, 0.5) is 4.79 Å². The van der Waals surface area contributed by atoms with Crippen molar-refractivity contribution in [1.29, 1.82) is 0 Å². The summed E-state index contributed by atoms with van der Waals surface area (Å²) in [7, 11) is 1.79. The lowest BCUT2D eigenvalue weighted by atomic mass is 9.97. The van der Waals surface area contributed by atoms with E-state index in [1.165, 1.54) is 0 Å². The molecule has 1 atom stereocenters. The predicted molar refractivity (Wildman–Crippen MR) is 109 cm³/mol. The van der Waals surface area contributed by atoms with Crippen LogP contribution in [0.25, 0.3) is 10.9 Å². The zero-order valence-electron chi connectivity index (χ0n) is 17.2. The number of aromatic amines is 1. The van der Waals surface area contributed by atoms with E-state index in [9.17, 15) is 9.59 Å². The van der Waals surface area contributed by atoms with E-state index in [4.69, 9.17) is 4.74 Å². The van der Waals surface area contributed by atoms with Crippen LogP contribution in [0.2, 0.25) is 0 Å². The second-order valence-corrected chi connectivity index (χ2v) is 8.63. The number of rotatable bonds is 4. The Morgan fingerprint density at radius 1 is 1.36 bits per heavy atom. The summed E-state index contributed by atoms with van der Waals surface area (Å²) in [6, 6.07) is 7.38.